The molecule has 2 aromatic rings. The summed E-state index contributed by atoms with van der Waals surface area (Å²) in [7, 11) is 0. The SMILES string of the molecule is CC(=O)Nc1ccc(NC(=O)NCC2(c3ccccc3)CCC2)cc1. The van der Waals surface area contributed by atoms with Crippen molar-refractivity contribution >= 4 is 23.3 Å². The topological polar surface area (TPSA) is 70.2 Å². The summed E-state index contributed by atoms with van der Waals surface area (Å²) >= 11 is 0. The third-order valence-electron chi connectivity index (χ3n) is 4.75. The van der Waals surface area contributed by atoms with E-state index >= 15 is 0 Å². The molecule has 0 atom stereocenters. The Bertz CT molecular complexity index is 737. The fourth-order valence-electron chi connectivity index (χ4n) is 3.23. The standard InChI is InChI=1S/C20H23N3O2/c1-15(24)22-17-8-10-18(11-9-17)23-19(25)21-14-20(12-5-13-20)16-6-3-2-4-7-16/h2-4,6-11H,5,12-14H2,1H3,(H,22,24)(H2,21,23,25). The Balaban J connectivity index is 1.55. The van der Waals surface area contributed by atoms with Crippen molar-refractivity contribution in [1.29, 1.82) is 0 Å². The van der Waals surface area contributed by atoms with Crippen LogP contribution < -0.4 is 16.0 Å². The lowest BCUT2D eigenvalue weighted by Crippen LogP contribution is -2.46. The lowest BCUT2D eigenvalue weighted by molar-refractivity contribution is -0.114. The molecular weight excluding hydrogens is 314 g/mol. The molecule has 3 rings (SSSR count). The highest BCUT2D eigenvalue weighted by Crippen LogP contribution is 2.43. The first-order valence-electron chi connectivity index (χ1n) is 8.55. The van der Waals surface area contributed by atoms with Gasteiger partial charge in [0.1, 0.15) is 0 Å². The van der Waals surface area contributed by atoms with Gasteiger partial charge in [0.25, 0.3) is 0 Å². The molecule has 0 saturated heterocycles. The number of hydrogen-bond acceptors (Lipinski definition) is 2. The van der Waals surface area contributed by atoms with Gasteiger partial charge in [-0.1, -0.05) is 36.8 Å². The minimum absolute atomic E-state index is 0.0634. The van der Waals surface area contributed by atoms with Crippen LogP contribution >= 0.6 is 0 Å². The molecule has 0 heterocycles. The van der Waals surface area contributed by atoms with Crippen molar-refractivity contribution in [3.63, 3.8) is 0 Å². The summed E-state index contributed by atoms with van der Waals surface area (Å²) in [6.07, 6.45) is 3.40. The molecule has 2 aromatic carbocycles. The molecule has 1 aliphatic carbocycles. The summed E-state index contributed by atoms with van der Waals surface area (Å²) in [5, 5.41) is 8.53. The van der Waals surface area contributed by atoms with E-state index in [0.717, 1.165) is 12.8 Å². The molecule has 1 saturated carbocycles. The van der Waals surface area contributed by atoms with Crippen LogP contribution in [0.2, 0.25) is 0 Å². The molecule has 0 unspecified atom stereocenters. The molecule has 3 N–H and O–H groups in total. The number of amides is 3. The van der Waals surface area contributed by atoms with E-state index in [0.29, 0.717) is 17.9 Å². The largest absolute Gasteiger partial charge is 0.337 e. The van der Waals surface area contributed by atoms with E-state index < -0.39 is 0 Å². The van der Waals surface area contributed by atoms with E-state index in [1.165, 1.54) is 18.9 Å². The summed E-state index contributed by atoms with van der Waals surface area (Å²) in [5.41, 5.74) is 2.75. The van der Waals surface area contributed by atoms with Crippen LogP contribution in [-0.2, 0) is 10.2 Å². The number of benzene rings is 2. The molecule has 130 valence electrons. The van der Waals surface area contributed by atoms with Crippen molar-refractivity contribution in [2.75, 3.05) is 17.2 Å². The van der Waals surface area contributed by atoms with E-state index in [-0.39, 0.29) is 17.4 Å². The van der Waals surface area contributed by atoms with Gasteiger partial charge in [-0.3, -0.25) is 4.79 Å². The summed E-state index contributed by atoms with van der Waals surface area (Å²) in [6, 6.07) is 17.2. The van der Waals surface area contributed by atoms with Crippen LogP contribution in [-0.4, -0.2) is 18.5 Å². The highest BCUT2D eigenvalue weighted by atomic mass is 16.2. The molecule has 1 aliphatic rings. The Kier molecular flexibility index (Phi) is 5.03. The van der Waals surface area contributed by atoms with Crippen molar-refractivity contribution in [3.8, 4) is 0 Å². The maximum Gasteiger partial charge on any atom is 0.319 e. The number of rotatable bonds is 5. The van der Waals surface area contributed by atoms with Crippen molar-refractivity contribution in [1.82, 2.24) is 5.32 Å². The maximum absolute atomic E-state index is 12.2. The minimum Gasteiger partial charge on any atom is -0.337 e. The third-order valence-corrected chi connectivity index (χ3v) is 4.75. The number of hydrogen-bond donors (Lipinski definition) is 3. The Morgan fingerprint density at radius 2 is 1.52 bits per heavy atom. The lowest BCUT2D eigenvalue weighted by Gasteiger charge is -2.42. The van der Waals surface area contributed by atoms with Crippen LogP contribution in [0.3, 0.4) is 0 Å². The average Bonchev–Trinajstić information content (AvgIpc) is 2.56. The van der Waals surface area contributed by atoms with Gasteiger partial charge >= 0.3 is 6.03 Å². The van der Waals surface area contributed by atoms with Crippen LogP contribution in [0.1, 0.15) is 31.7 Å². The van der Waals surface area contributed by atoms with Crippen LogP contribution in [0.25, 0.3) is 0 Å². The zero-order valence-electron chi connectivity index (χ0n) is 14.3. The number of urea groups is 1. The van der Waals surface area contributed by atoms with Crippen molar-refractivity contribution in [2.45, 2.75) is 31.6 Å². The van der Waals surface area contributed by atoms with Crippen LogP contribution in [0.5, 0.6) is 0 Å². The van der Waals surface area contributed by atoms with E-state index in [1.54, 1.807) is 24.3 Å². The van der Waals surface area contributed by atoms with E-state index in [1.807, 2.05) is 18.2 Å². The van der Waals surface area contributed by atoms with Gasteiger partial charge in [0.2, 0.25) is 5.91 Å². The molecule has 1 fully saturated rings. The minimum atomic E-state index is -0.213. The molecule has 3 amide bonds. The van der Waals surface area contributed by atoms with Gasteiger partial charge in [-0.05, 0) is 42.7 Å². The maximum atomic E-state index is 12.2. The Hall–Kier alpha value is -2.82. The molecule has 0 radical (unpaired) electrons. The Morgan fingerprint density at radius 3 is 2.04 bits per heavy atom. The molecule has 5 heteroatoms. The Morgan fingerprint density at radius 1 is 0.920 bits per heavy atom. The van der Waals surface area contributed by atoms with Gasteiger partial charge in [0.15, 0.2) is 0 Å². The summed E-state index contributed by atoms with van der Waals surface area (Å²) in [4.78, 5) is 23.2. The van der Waals surface area contributed by atoms with Crippen molar-refractivity contribution in [2.24, 2.45) is 0 Å². The van der Waals surface area contributed by atoms with Crippen LogP contribution in [0, 0.1) is 0 Å². The zero-order chi connectivity index (χ0) is 17.7. The number of carbonyl (C=O) groups is 2. The summed E-state index contributed by atoms with van der Waals surface area (Å²) in [5.74, 6) is -0.120. The normalized spacial score (nSPS) is 14.9. The molecule has 25 heavy (non-hydrogen) atoms. The molecule has 0 spiro atoms. The summed E-state index contributed by atoms with van der Waals surface area (Å²) < 4.78 is 0. The van der Waals surface area contributed by atoms with Gasteiger partial charge in [-0.25, -0.2) is 4.79 Å². The second-order valence-corrected chi connectivity index (χ2v) is 6.57. The molecule has 0 aliphatic heterocycles. The number of nitrogens with one attached hydrogen (secondary N) is 3. The lowest BCUT2D eigenvalue weighted by atomic mass is 9.64. The first-order chi connectivity index (χ1) is 12.1. The van der Waals surface area contributed by atoms with Crippen LogP contribution in [0.4, 0.5) is 16.2 Å². The first-order valence-corrected chi connectivity index (χ1v) is 8.55. The predicted octanol–water partition coefficient (Wildman–Crippen LogP) is 3.89. The molecular formula is C20H23N3O2. The zero-order valence-corrected chi connectivity index (χ0v) is 14.3. The fourth-order valence-corrected chi connectivity index (χ4v) is 3.23. The average molecular weight is 337 g/mol. The van der Waals surface area contributed by atoms with E-state index in [2.05, 4.69) is 28.1 Å². The van der Waals surface area contributed by atoms with Gasteiger partial charge in [0, 0.05) is 30.3 Å². The summed E-state index contributed by atoms with van der Waals surface area (Å²) in [6.45, 7) is 2.09. The first kappa shape index (κ1) is 17.0. The van der Waals surface area contributed by atoms with Crippen molar-refractivity contribution < 1.29 is 9.59 Å². The fraction of sp³-hybridized carbons (Fsp3) is 0.300. The third kappa shape index (κ3) is 4.18. The Labute approximate surface area is 147 Å². The predicted molar refractivity (Wildman–Crippen MR) is 99.7 cm³/mol. The highest BCUT2D eigenvalue weighted by molar-refractivity contribution is 5.91. The smallest absolute Gasteiger partial charge is 0.319 e. The van der Waals surface area contributed by atoms with Crippen molar-refractivity contribution in [3.05, 3.63) is 60.2 Å². The monoisotopic (exact) mass is 337 g/mol. The van der Waals surface area contributed by atoms with Gasteiger partial charge < -0.3 is 16.0 Å². The number of anilines is 2. The molecule has 5 nitrogen and oxygen atoms in total. The quantitative estimate of drug-likeness (QED) is 0.775. The molecule has 0 bridgehead atoms. The van der Waals surface area contributed by atoms with E-state index in [4.69, 9.17) is 0 Å². The second kappa shape index (κ2) is 7.38. The second-order valence-electron chi connectivity index (χ2n) is 6.57. The molecule has 0 aromatic heterocycles. The number of carbonyl (C=O) groups excluding carboxylic acids is 2. The van der Waals surface area contributed by atoms with Gasteiger partial charge in [0.05, 0.1) is 0 Å². The highest BCUT2D eigenvalue weighted by Gasteiger charge is 2.38. The van der Waals surface area contributed by atoms with Gasteiger partial charge in [-0.15, -0.1) is 0 Å². The van der Waals surface area contributed by atoms with E-state index in [9.17, 15) is 9.59 Å². The van der Waals surface area contributed by atoms with Gasteiger partial charge in [-0.2, -0.15) is 0 Å². The van der Waals surface area contributed by atoms with Crippen LogP contribution in [0.15, 0.2) is 54.6 Å².